The van der Waals surface area contributed by atoms with Gasteiger partial charge in [0.15, 0.2) is 0 Å². The number of rotatable bonds is 3. The van der Waals surface area contributed by atoms with E-state index in [1.165, 1.54) is 10.8 Å². The van der Waals surface area contributed by atoms with Crippen LogP contribution in [0.3, 0.4) is 0 Å². The van der Waals surface area contributed by atoms with Gasteiger partial charge in [0.25, 0.3) is 0 Å². The molecule has 3 aromatic rings. The van der Waals surface area contributed by atoms with Crippen molar-refractivity contribution >= 4 is 26.2 Å². The quantitative estimate of drug-likeness (QED) is 0.321. The molecule has 0 heterocycles. The Bertz CT molecular complexity index is 794. The molecule has 0 saturated heterocycles. The van der Waals surface area contributed by atoms with Gasteiger partial charge in [0.1, 0.15) is 0 Å². The molecule has 0 bridgehead atoms. The first-order valence-electron chi connectivity index (χ1n) is 9.41. The number of hydrogen-bond acceptors (Lipinski definition) is 1. The van der Waals surface area contributed by atoms with E-state index >= 15 is 0 Å². The number of nitrogens with one attached hydrogen (secondary N) is 1. The Morgan fingerprint density at radius 3 is 1.73 bits per heavy atom. The van der Waals surface area contributed by atoms with E-state index in [2.05, 4.69) is 55.6 Å². The van der Waals surface area contributed by atoms with Gasteiger partial charge in [-0.25, -0.2) is 0 Å². The third kappa shape index (κ3) is 10.5. The fourth-order valence-electron chi connectivity index (χ4n) is 2.88. The molecule has 2 nitrogen and oxygen atoms in total. The first-order chi connectivity index (χ1) is 12.8. The van der Waals surface area contributed by atoms with Crippen LogP contribution in [0.1, 0.15) is 61.0 Å². The van der Waals surface area contributed by atoms with Crippen LogP contribution in [0.15, 0.2) is 60.7 Å². The summed E-state index contributed by atoms with van der Waals surface area (Å²) in [5, 5.41) is 2.66. The van der Waals surface area contributed by atoms with Gasteiger partial charge in [-0.2, -0.15) is 17.5 Å². The summed E-state index contributed by atoms with van der Waals surface area (Å²) in [7, 11) is 1.08. The Balaban J connectivity index is -0.000000419. The summed E-state index contributed by atoms with van der Waals surface area (Å²) in [6.45, 7) is 12.5. The van der Waals surface area contributed by atoms with Crippen LogP contribution in [0.4, 0.5) is 0 Å². The van der Waals surface area contributed by atoms with Crippen molar-refractivity contribution in [2.45, 2.75) is 52.6 Å². The van der Waals surface area contributed by atoms with Gasteiger partial charge in [-0.15, -0.1) is 29.7 Å². The minimum atomic E-state index is -0.567. The van der Waals surface area contributed by atoms with Crippen LogP contribution in [0, 0.1) is 0 Å². The number of benzene rings is 2. The van der Waals surface area contributed by atoms with E-state index in [0.717, 1.165) is 20.6 Å². The molecule has 6 heteroatoms. The van der Waals surface area contributed by atoms with Gasteiger partial charge in [-0.3, -0.25) is 0 Å². The van der Waals surface area contributed by atoms with Crippen molar-refractivity contribution in [1.29, 1.82) is 0 Å². The third-order valence-corrected chi connectivity index (χ3v) is 4.15. The zero-order valence-electron chi connectivity index (χ0n) is 18.6. The first-order valence-corrected chi connectivity index (χ1v) is 11.4. The number of amides is 1. The van der Waals surface area contributed by atoms with Gasteiger partial charge in [0, 0.05) is 15.1 Å². The molecule has 3 rings (SSSR count). The van der Waals surface area contributed by atoms with Crippen molar-refractivity contribution in [2.75, 3.05) is 0 Å². The van der Waals surface area contributed by atoms with Crippen molar-refractivity contribution in [3.05, 3.63) is 83.1 Å². The largest absolute Gasteiger partial charge is 4.00 e. The Hall–Kier alpha value is -0.813. The van der Waals surface area contributed by atoms with E-state index in [1.54, 1.807) is 0 Å². The average molecular weight is 627 g/mol. The number of carbonyl (C=O) groups excluding carboxylic acids is 1. The molecule has 0 saturated carbocycles. The molecule has 0 fully saturated rings. The number of halogens is 2. The molecule has 30 heavy (non-hydrogen) atoms. The number of carbonyl (C=O) groups is 1. The summed E-state index contributed by atoms with van der Waals surface area (Å²) in [6, 6.07) is 20.5. The van der Waals surface area contributed by atoms with E-state index in [-0.39, 0.29) is 62.5 Å². The van der Waals surface area contributed by atoms with Crippen molar-refractivity contribution in [3.8, 4) is 0 Å². The summed E-state index contributed by atoms with van der Waals surface area (Å²) < 4.78 is 0. The van der Waals surface area contributed by atoms with Gasteiger partial charge < -0.3 is 35.3 Å². The zero-order valence-corrected chi connectivity index (χ0v) is 24.7. The summed E-state index contributed by atoms with van der Waals surface area (Å²) in [5.41, 5.74) is 9.92. The third-order valence-electron chi connectivity index (χ3n) is 4.15. The summed E-state index contributed by atoms with van der Waals surface area (Å²) >= 11 is 0. The van der Waals surface area contributed by atoms with E-state index in [9.17, 15) is 4.79 Å². The summed E-state index contributed by atoms with van der Waals surface area (Å²) in [4.78, 5) is 11.4. The minimum absolute atomic E-state index is 0. The maximum atomic E-state index is 11.4. The Labute approximate surface area is 216 Å². The number of fused-ring (bicyclic) bond motifs is 1. The second kappa shape index (κ2) is 17.8. The zero-order chi connectivity index (χ0) is 20.4. The van der Waals surface area contributed by atoms with Crippen LogP contribution in [0.25, 0.3) is 16.5 Å². The predicted octanol–water partition coefficient (Wildman–Crippen LogP) is 1.48. The fourth-order valence-corrected chi connectivity index (χ4v) is 2.88. The Kier molecular flexibility index (Phi) is 20.1. The Morgan fingerprint density at radius 1 is 0.867 bits per heavy atom. The Morgan fingerprint density at radius 2 is 1.33 bits per heavy atom. The molecule has 2 radical (unpaired) electrons. The van der Waals surface area contributed by atoms with Crippen molar-refractivity contribution in [1.82, 2.24) is 0 Å². The molecule has 1 N–H and O–H groups in total. The topological polar surface area (TPSA) is 40.9 Å². The normalized spacial score (nSPS) is 9.20. The molecule has 0 aliphatic rings. The molecular formula is C24H31Cl2HfNOSi. The van der Waals surface area contributed by atoms with Gasteiger partial charge in [0.2, 0.25) is 0 Å². The van der Waals surface area contributed by atoms with Crippen LogP contribution >= 0.6 is 0 Å². The van der Waals surface area contributed by atoms with E-state index < -0.39 is 5.91 Å². The molecule has 1 amide bonds. The molecule has 0 aromatic heterocycles. The maximum Gasteiger partial charge on any atom is 4.00 e. The van der Waals surface area contributed by atoms with Gasteiger partial charge >= 0.3 is 25.8 Å². The van der Waals surface area contributed by atoms with Crippen molar-refractivity contribution in [2.24, 2.45) is 0 Å². The van der Waals surface area contributed by atoms with Crippen LogP contribution in [-0.2, 0) is 25.8 Å². The SMILES string of the molecule is CC(C)c1cccc(C(C)C)c1C([NH-])=O.C[Si]C.[Cl-].[Cl-].[Hf+4].c1ccc2[cH-]ccc2c1. The molecule has 0 aliphatic carbocycles. The fraction of sp³-hybridized carbons (Fsp3) is 0.333. The monoisotopic (exact) mass is 627 g/mol. The van der Waals surface area contributed by atoms with Gasteiger partial charge in [-0.1, -0.05) is 65.1 Å². The molecule has 0 atom stereocenters. The second-order valence-corrected chi connectivity index (χ2v) is 8.10. The maximum absolute atomic E-state index is 11.4. The average Bonchev–Trinajstić information content (AvgIpc) is 3.10. The smallest absolute Gasteiger partial charge is 1.00 e. The van der Waals surface area contributed by atoms with E-state index in [4.69, 9.17) is 5.73 Å². The predicted molar refractivity (Wildman–Crippen MR) is 120 cm³/mol. The molecule has 0 unspecified atom stereocenters. The van der Waals surface area contributed by atoms with E-state index in [1.807, 2.05) is 45.9 Å². The standard InChI is InChI=1S/C13H19NO.C9H7.C2H6Si.2ClH.Hf/c1-8(2)10-6-5-7-11(9(3)4)12(10)13(14)15;1-2-5-9-7-3-6-8(9)4-1;1-3-2;;;/h5-9H,1-4H3,(H2,14,15);1-7H;1-2H3;2*1H;/q;-1;;;;+4/p-3. The van der Waals surface area contributed by atoms with Gasteiger partial charge in [0.05, 0.1) is 5.91 Å². The molecule has 0 spiro atoms. The first kappa shape index (κ1) is 33.8. The summed E-state index contributed by atoms with van der Waals surface area (Å²) in [5.74, 6) is 0.00370. The van der Waals surface area contributed by atoms with Gasteiger partial charge in [-0.05, 0) is 23.0 Å². The van der Waals surface area contributed by atoms with Crippen LogP contribution in [0.5, 0.6) is 0 Å². The van der Waals surface area contributed by atoms with Crippen LogP contribution in [0.2, 0.25) is 13.1 Å². The molecule has 0 aliphatic heterocycles. The van der Waals surface area contributed by atoms with Crippen molar-refractivity contribution in [3.63, 3.8) is 0 Å². The van der Waals surface area contributed by atoms with E-state index in [0.29, 0.717) is 5.56 Å². The molecule has 160 valence electrons. The van der Waals surface area contributed by atoms with Crippen LogP contribution < -0.4 is 24.8 Å². The molecular weight excluding hydrogens is 596 g/mol. The minimum Gasteiger partial charge on any atom is -1.00 e. The summed E-state index contributed by atoms with van der Waals surface area (Å²) in [6.07, 6.45) is 0. The molecule has 3 aromatic carbocycles. The van der Waals surface area contributed by atoms with Crippen LogP contribution in [-0.4, -0.2) is 15.4 Å². The number of hydrogen-bond donors (Lipinski definition) is 0. The van der Waals surface area contributed by atoms with Crippen molar-refractivity contribution < 1.29 is 55.5 Å². The second-order valence-electron chi connectivity index (χ2n) is 7.10.